The van der Waals surface area contributed by atoms with Crippen molar-refractivity contribution < 1.29 is 4.42 Å². The van der Waals surface area contributed by atoms with Gasteiger partial charge in [0.2, 0.25) is 0 Å². The second-order valence-corrected chi connectivity index (χ2v) is 5.26. The first-order chi connectivity index (χ1) is 8.83. The lowest BCUT2D eigenvalue weighted by molar-refractivity contribution is 0.332. The predicted octanol–water partition coefficient (Wildman–Crippen LogP) is 2.76. The molecule has 1 fully saturated rings. The molecule has 2 aromatic rings. The van der Waals surface area contributed by atoms with Crippen LogP contribution in [-0.2, 0) is 0 Å². The monoisotopic (exact) mass is 245 g/mol. The van der Waals surface area contributed by atoms with Crippen LogP contribution in [0.1, 0.15) is 25.7 Å². The number of pyridine rings is 1. The van der Waals surface area contributed by atoms with Gasteiger partial charge in [-0.3, -0.25) is 0 Å². The zero-order chi connectivity index (χ0) is 12.4. The Kier molecular flexibility index (Phi) is 2.96. The quantitative estimate of drug-likeness (QED) is 0.869. The third kappa shape index (κ3) is 1.97. The summed E-state index contributed by atoms with van der Waals surface area (Å²) in [6.45, 7) is 1.65. The van der Waals surface area contributed by atoms with Gasteiger partial charge in [-0.15, -0.1) is 0 Å². The smallest absolute Gasteiger partial charge is 0.139 e. The molecule has 1 aliphatic rings. The molecule has 0 atom stereocenters. The van der Waals surface area contributed by atoms with Gasteiger partial charge < -0.3 is 15.5 Å². The Morgan fingerprint density at radius 3 is 2.94 bits per heavy atom. The largest absolute Gasteiger partial charge is 0.464 e. The number of fused-ring (bicyclic) bond motifs is 1. The standard InChI is InChI=1S/C14H19N3O/c15-9-14(5-1-2-6-14)10-17-13-11-4-8-18-12(11)3-7-16-13/h3-4,7-8H,1-2,5-6,9-10,15H2,(H,16,17). The number of rotatable bonds is 4. The summed E-state index contributed by atoms with van der Waals surface area (Å²) >= 11 is 0. The van der Waals surface area contributed by atoms with E-state index in [1.165, 1.54) is 25.7 Å². The van der Waals surface area contributed by atoms with Crippen molar-refractivity contribution in [3.8, 4) is 0 Å². The van der Waals surface area contributed by atoms with Gasteiger partial charge in [-0.25, -0.2) is 4.98 Å². The second kappa shape index (κ2) is 4.61. The van der Waals surface area contributed by atoms with E-state index in [2.05, 4.69) is 10.3 Å². The van der Waals surface area contributed by atoms with E-state index in [1.54, 1.807) is 12.5 Å². The molecule has 0 spiro atoms. The molecule has 0 bridgehead atoms. The number of nitrogens with zero attached hydrogens (tertiary/aromatic N) is 1. The lowest BCUT2D eigenvalue weighted by atomic mass is 9.86. The van der Waals surface area contributed by atoms with E-state index in [0.717, 1.165) is 29.9 Å². The van der Waals surface area contributed by atoms with E-state index in [4.69, 9.17) is 10.2 Å². The predicted molar refractivity (Wildman–Crippen MR) is 72.5 cm³/mol. The Hall–Kier alpha value is -1.55. The average molecular weight is 245 g/mol. The Bertz CT molecular complexity index is 529. The minimum absolute atomic E-state index is 0.258. The van der Waals surface area contributed by atoms with Gasteiger partial charge in [0.25, 0.3) is 0 Å². The van der Waals surface area contributed by atoms with Crippen molar-refractivity contribution in [2.75, 3.05) is 18.4 Å². The summed E-state index contributed by atoms with van der Waals surface area (Å²) in [6.07, 6.45) is 8.50. The number of hydrogen-bond donors (Lipinski definition) is 2. The van der Waals surface area contributed by atoms with Crippen LogP contribution >= 0.6 is 0 Å². The SMILES string of the molecule is NCC1(CNc2nccc3occc23)CCCC1. The van der Waals surface area contributed by atoms with Crippen LogP contribution in [0.25, 0.3) is 11.0 Å². The second-order valence-electron chi connectivity index (χ2n) is 5.26. The first-order valence-electron chi connectivity index (χ1n) is 6.59. The van der Waals surface area contributed by atoms with Crippen molar-refractivity contribution in [1.29, 1.82) is 0 Å². The average Bonchev–Trinajstić information content (AvgIpc) is 3.06. The first kappa shape index (κ1) is 11.5. The number of aromatic nitrogens is 1. The molecule has 1 saturated carbocycles. The molecule has 18 heavy (non-hydrogen) atoms. The van der Waals surface area contributed by atoms with Gasteiger partial charge in [-0.2, -0.15) is 0 Å². The van der Waals surface area contributed by atoms with Crippen molar-refractivity contribution in [3.63, 3.8) is 0 Å². The number of nitrogens with one attached hydrogen (secondary N) is 1. The molecule has 4 heteroatoms. The van der Waals surface area contributed by atoms with E-state index in [9.17, 15) is 0 Å². The lowest BCUT2D eigenvalue weighted by Gasteiger charge is -2.27. The molecule has 2 heterocycles. The van der Waals surface area contributed by atoms with Gasteiger partial charge >= 0.3 is 0 Å². The fraction of sp³-hybridized carbons (Fsp3) is 0.500. The molecular formula is C14H19N3O. The van der Waals surface area contributed by atoms with Gasteiger partial charge in [0.15, 0.2) is 0 Å². The molecule has 0 aromatic carbocycles. The van der Waals surface area contributed by atoms with Crippen LogP contribution in [0.5, 0.6) is 0 Å². The molecule has 96 valence electrons. The Morgan fingerprint density at radius 2 is 2.17 bits per heavy atom. The molecule has 4 nitrogen and oxygen atoms in total. The van der Waals surface area contributed by atoms with Crippen LogP contribution in [0, 0.1) is 5.41 Å². The zero-order valence-electron chi connectivity index (χ0n) is 10.5. The molecule has 0 saturated heterocycles. The van der Waals surface area contributed by atoms with Gasteiger partial charge in [-0.1, -0.05) is 12.8 Å². The fourth-order valence-electron chi connectivity index (χ4n) is 2.88. The minimum Gasteiger partial charge on any atom is -0.464 e. The summed E-state index contributed by atoms with van der Waals surface area (Å²) in [5, 5.41) is 4.50. The van der Waals surface area contributed by atoms with E-state index in [-0.39, 0.29) is 5.41 Å². The first-order valence-corrected chi connectivity index (χ1v) is 6.59. The molecule has 0 radical (unpaired) electrons. The van der Waals surface area contributed by atoms with Crippen LogP contribution in [-0.4, -0.2) is 18.1 Å². The van der Waals surface area contributed by atoms with Gasteiger partial charge in [-0.05, 0) is 36.9 Å². The van der Waals surface area contributed by atoms with Crippen molar-refractivity contribution in [2.45, 2.75) is 25.7 Å². The highest BCUT2D eigenvalue weighted by Crippen LogP contribution is 2.37. The van der Waals surface area contributed by atoms with Crippen molar-refractivity contribution >= 4 is 16.8 Å². The Morgan fingerprint density at radius 1 is 1.33 bits per heavy atom. The van der Waals surface area contributed by atoms with Crippen LogP contribution in [0.3, 0.4) is 0 Å². The summed E-state index contributed by atoms with van der Waals surface area (Å²) in [6, 6.07) is 3.84. The minimum atomic E-state index is 0.258. The van der Waals surface area contributed by atoms with E-state index >= 15 is 0 Å². The summed E-state index contributed by atoms with van der Waals surface area (Å²) in [5.41, 5.74) is 7.08. The summed E-state index contributed by atoms with van der Waals surface area (Å²) in [4.78, 5) is 4.39. The summed E-state index contributed by atoms with van der Waals surface area (Å²) < 4.78 is 5.38. The fourth-order valence-corrected chi connectivity index (χ4v) is 2.88. The van der Waals surface area contributed by atoms with Gasteiger partial charge in [0.05, 0.1) is 11.6 Å². The summed E-state index contributed by atoms with van der Waals surface area (Å²) in [7, 11) is 0. The number of hydrogen-bond acceptors (Lipinski definition) is 4. The highest BCUT2D eigenvalue weighted by molar-refractivity contribution is 5.87. The van der Waals surface area contributed by atoms with Crippen molar-refractivity contribution in [2.24, 2.45) is 11.1 Å². The number of furan rings is 1. The zero-order valence-corrected chi connectivity index (χ0v) is 10.5. The highest BCUT2D eigenvalue weighted by Gasteiger charge is 2.32. The topological polar surface area (TPSA) is 64.1 Å². The van der Waals surface area contributed by atoms with Gasteiger partial charge in [0, 0.05) is 12.7 Å². The van der Waals surface area contributed by atoms with Crippen molar-refractivity contribution in [1.82, 2.24) is 4.98 Å². The molecule has 1 aliphatic carbocycles. The molecule has 2 aromatic heterocycles. The lowest BCUT2D eigenvalue weighted by Crippen LogP contribution is -2.34. The number of anilines is 1. The van der Waals surface area contributed by atoms with Crippen molar-refractivity contribution in [3.05, 3.63) is 24.6 Å². The number of nitrogens with two attached hydrogens (primary N) is 1. The van der Waals surface area contributed by atoms with Crippen LogP contribution in [0.4, 0.5) is 5.82 Å². The maximum absolute atomic E-state index is 5.95. The Balaban J connectivity index is 1.78. The molecule has 0 amide bonds. The third-order valence-electron chi connectivity index (χ3n) is 4.11. The van der Waals surface area contributed by atoms with Gasteiger partial charge in [0.1, 0.15) is 11.4 Å². The van der Waals surface area contributed by atoms with E-state index in [1.807, 2.05) is 12.1 Å². The third-order valence-corrected chi connectivity index (χ3v) is 4.11. The van der Waals surface area contributed by atoms with Crippen LogP contribution in [0.2, 0.25) is 0 Å². The molecule has 3 rings (SSSR count). The van der Waals surface area contributed by atoms with Crippen LogP contribution in [0.15, 0.2) is 29.0 Å². The van der Waals surface area contributed by atoms with Crippen LogP contribution < -0.4 is 11.1 Å². The maximum atomic E-state index is 5.95. The Labute approximate surface area is 107 Å². The molecular weight excluding hydrogens is 226 g/mol. The molecule has 0 unspecified atom stereocenters. The highest BCUT2D eigenvalue weighted by atomic mass is 16.3. The van der Waals surface area contributed by atoms with E-state index < -0.39 is 0 Å². The normalized spacial score (nSPS) is 18.3. The molecule has 0 aliphatic heterocycles. The maximum Gasteiger partial charge on any atom is 0.139 e. The van der Waals surface area contributed by atoms with E-state index in [0.29, 0.717) is 0 Å². The molecule has 3 N–H and O–H groups in total. The summed E-state index contributed by atoms with van der Waals surface area (Å²) in [5.74, 6) is 0.904.